The Labute approximate surface area is 161 Å². The third-order valence-corrected chi connectivity index (χ3v) is 3.71. The highest BCUT2D eigenvalue weighted by Gasteiger charge is 2.07. The molecule has 0 aliphatic carbocycles. The van der Waals surface area contributed by atoms with Crippen LogP contribution in [0.15, 0.2) is 35.6 Å². The van der Waals surface area contributed by atoms with Crippen molar-refractivity contribution in [2.24, 2.45) is 12.0 Å². The Morgan fingerprint density at radius 2 is 2.12 bits per heavy atom. The molecule has 0 aliphatic heterocycles. The molecule has 0 spiro atoms. The summed E-state index contributed by atoms with van der Waals surface area (Å²) >= 11 is 0. The average molecular weight is 442 g/mol. The standard InChI is InChI=1S/C17H26N6.HI/c1-5-18-17(20-11-16-22-21-12-23(16)4)19-10-14(3)15-8-6-7-13(2)9-15;/h6-9,12,14H,5,10-11H2,1-4H3,(H2,18,19,20);1H. The molecule has 0 amide bonds. The van der Waals surface area contributed by atoms with Crippen molar-refractivity contribution in [2.45, 2.75) is 33.2 Å². The zero-order valence-electron chi connectivity index (χ0n) is 14.8. The van der Waals surface area contributed by atoms with E-state index in [1.165, 1.54) is 11.1 Å². The quantitative estimate of drug-likeness (QED) is 0.410. The Kier molecular flexibility index (Phi) is 8.73. The molecule has 0 aliphatic rings. The van der Waals surface area contributed by atoms with Crippen molar-refractivity contribution >= 4 is 29.9 Å². The minimum absolute atomic E-state index is 0. The van der Waals surface area contributed by atoms with E-state index in [-0.39, 0.29) is 24.0 Å². The molecule has 2 aromatic rings. The van der Waals surface area contributed by atoms with Gasteiger partial charge in [-0.15, -0.1) is 34.2 Å². The molecule has 0 radical (unpaired) electrons. The minimum Gasteiger partial charge on any atom is -0.357 e. The van der Waals surface area contributed by atoms with Gasteiger partial charge in [-0.3, -0.25) is 0 Å². The first-order valence-electron chi connectivity index (χ1n) is 8.01. The SMILES string of the molecule is CCNC(=NCc1nncn1C)NCC(C)c1cccc(C)c1.I. The van der Waals surface area contributed by atoms with Crippen LogP contribution in [0.25, 0.3) is 0 Å². The van der Waals surface area contributed by atoms with E-state index in [4.69, 9.17) is 0 Å². The first kappa shape index (κ1) is 20.4. The Morgan fingerprint density at radius 3 is 2.75 bits per heavy atom. The van der Waals surface area contributed by atoms with Gasteiger partial charge in [0.15, 0.2) is 11.8 Å². The fourth-order valence-electron chi connectivity index (χ4n) is 2.29. The summed E-state index contributed by atoms with van der Waals surface area (Å²) in [6.45, 7) is 8.55. The molecule has 132 valence electrons. The summed E-state index contributed by atoms with van der Waals surface area (Å²) in [6, 6.07) is 8.63. The third kappa shape index (κ3) is 6.10. The van der Waals surface area contributed by atoms with Crippen LogP contribution in [-0.2, 0) is 13.6 Å². The summed E-state index contributed by atoms with van der Waals surface area (Å²) in [5.41, 5.74) is 2.62. The second-order valence-electron chi connectivity index (χ2n) is 5.75. The van der Waals surface area contributed by atoms with Crippen molar-refractivity contribution in [3.8, 4) is 0 Å². The lowest BCUT2D eigenvalue weighted by Crippen LogP contribution is -2.39. The number of halogens is 1. The van der Waals surface area contributed by atoms with Gasteiger partial charge in [0.1, 0.15) is 12.9 Å². The number of aromatic nitrogens is 3. The van der Waals surface area contributed by atoms with Crippen molar-refractivity contribution in [2.75, 3.05) is 13.1 Å². The van der Waals surface area contributed by atoms with Gasteiger partial charge in [0.25, 0.3) is 0 Å². The molecule has 1 atom stereocenters. The lowest BCUT2D eigenvalue weighted by Gasteiger charge is -2.16. The third-order valence-electron chi connectivity index (χ3n) is 3.71. The summed E-state index contributed by atoms with van der Waals surface area (Å²) in [5.74, 6) is 2.05. The number of hydrogen-bond acceptors (Lipinski definition) is 3. The van der Waals surface area contributed by atoms with E-state index in [0.29, 0.717) is 12.5 Å². The van der Waals surface area contributed by atoms with Gasteiger partial charge in [0.05, 0.1) is 0 Å². The van der Waals surface area contributed by atoms with E-state index < -0.39 is 0 Å². The highest BCUT2D eigenvalue weighted by Crippen LogP contribution is 2.15. The monoisotopic (exact) mass is 442 g/mol. The molecule has 1 aromatic heterocycles. The molecule has 24 heavy (non-hydrogen) atoms. The van der Waals surface area contributed by atoms with Crippen LogP contribution in [0.1, 0.15) is 36.7 Å². The number of guanidine groups is 1. The van der Waals surface area contributed by atoms with Crippen LogP contribution in [0.2, 0.25) is 0 Å². The second kappa shape index (κ2) is 10.3. The second-order valence-corrected chi connectivity index (χ2v) is 5.75. The van der Waals surface area contributed by atoms with E-state index >= 15 is 0 Å². The van der Waals surface area contributed by atoms with Gasteiger partial charge >= 0.3 is 0 Å². The summed E-state index contributed by atoms with van der Waals surface area (Å²) in [5, 5.41) is 14.6. The zero-order chi connectivity index (χ0) is 16.7. The summed E-state index contributed by atoms with van der Waals surface area (Å²) in [7, 11) is 1.92. The van der Waals surface area contributed by atoms with Crippen molar-refractivity contribution in [3.63, 3.8) is 0 Å². The minimum atomic E-state index is 0. The first-order valence-corrected chi connectivity index (χ1v) is 8.01. The predicted molar refractivity (Wildman–Crippen MR) is 109 cm³/mol. The Balaban J connectivity index is 0.00000288. The normalized spacial score (nSPS) is 12.4. The van der Waals surface area contributed by atoms with Gasteiger partial charge in [-0.25, -0.2) is 4.99 Å². The van der Waals surface area contributed by atoms with E-state index in [0.717, 1.165) is 24.9 Å². The van der Waals surface area contributed by atoms with Gasteiger partial charge in [0.2, 0.25) is 0 Å². The number of benzene rings is 1. The summed E-state index contributed by atoms with van der Waals surface area (Å²) < 4.78 is 1.88. The predicted octanol–water partition coefficient (Wildman–Crippen LogP) is 2.60. The van der Waals surface area contributed by atoms with E-state index in [1.807, 2.05) is 11.6 Å². The largest absolute Gasteiger partial charge is 0.357 e. The summed E-state index contributed by atoms with van der Waals surface area (Å²) in [6.07, 6.45) is 1.69. The lowest BCUT2D eigenvalue weighted by molar-refractivity contribution is 0.695. The van der Waals surface area contributed by atoms with Gasteiger partial charge in [-0.2, -0.15) is 0 Å². The molecular formula is C17H27IN6. The van der Waals surface area contributed by atoms with E-state index in [1.54, 1.807) is 6.33 Å². The van der Waals surface area contributed by atoms with E-state index in [9.17, 15) is 0 Å². The van der Waals surface area contributed by atoms with Crippen LogP contribution in [0.3, 0.4) is 0 Å². The zero-order valence-corrected chi connectivity index (χ0v) is 17.1. The van der Waals surface area contributed by atoms with Crippen LogP contribution >= 0.6 is 24.0 Å². The molecule has 0 saturated heterocycles. The van der Waals surface area contributed by atoms with Crippen molar-refractivity contribution < 1.29 is 0 Å². The molecule has 1 unspecified atom stereocenters. The molecule has 1 aromatic carbocycles. The number of hydrogen-bond donors (Lipinski definition) is 2. The fraction of sp³-hybridized carbons (Fsp3) is 0.471. The van der Waals surface area contributed by atoms with E-state index in [2.05, 4.69) is 70.9 Å². The van der Waals surface area contributed by atoms with Crippen LogP contribution < -0.4 is 10.6 Å². The Hall–Kier alpha value is -1.64. The highest BCUT2D eigenvalue weighted by atomic mass is 127. The van der Waals surface area contributed by atoms with Gasteiger partial charge in [-0.05, 0) is 25.3 Å². The molecule has 0 fully saturated rings. The molecule has 7 heteroatoms. The molecule has 1 heterocycles. The Bertz CT molecular complexity index is 652. The Morgan fingerprint density at radius 1 is 1.33 bits per heavy atom. The first-order chi connectivity index (χ1) is 11.1. The molecule has 0 saturated carbocycles. The molecule has 6 nitrogen and oxygen atoms in total. The van der Waals surface area contributed by atoms with Crippen LogP contribution in [0, 0.1) is 6.92 Å². The topological polar surface area (TPSA) is 67.1 Å². The number of nitrogens with one attached hydrogen (secondary N) is 2. The fourth-order valence-corrected chi connectivity index (χ4v) is 2.29. The highest BCUT2D eigenvalue weighted by molar-refractivity contribution is 14.0. The molecular weight excluding hydrogens is 415 g/mol. The van der Waals surface area contributed by atoms with Gasteiger partial charge in [0, 0.05) is 20.1 Å². The summed E-state index contributed by atoms with van der Waals surface area (Å²) in [4.78, 5) is 4.57. The van der Waals surface area contributed by atoms with Crippen LogP contribution in [0.5, 0.6) is 0 Å². The number of nitrogens with zero attached hydrogens (tertiary/aromatic N) is 4. The maximum Gasteiger partial charge on any atom is 0.191 e. The van der Waals surface area contributed by atoms with Crippen molar-refractivity contribution in [3.05, 3.63) is 47.5 Å². The molecule has 2 N–H and O–H groups in total. The van der Waals surface area contributed by atoms with Crippen molar-refractivity contribution in [1.29, 1.82) is 0 Å². The van der Waals surface area contributed by atoms with Gasteiger partial charge < -0.3 is 15.2 Å². The number of aliphatic imine (C=N–C) groups is 1. The maximum atomic E-state index is 4.57. The average Bonchev–Trinajstić information content (AvgIpc) is 2.95. The number of aryl methyl sites for hydroxylation is 2. The lowest BCUT2D eigenvalue weighted by atomic mass is 9.99. The maximum absolute atomic E-state index is 4.57. The molecule has 2 rings (SSSR count). The smallest absolute Gasteiger partial charge is 0.191 e. The molecule has 0 bridgehead atoms. The van der Waals surface area contributed by atoms with Crippen LogP contribution in [-0.4, -0.2) is 33.8 Å². The van der Waals surface area contributed by atoms with Gasteiger partial charge in [-0.1, -0.05) is 36.8 Å². The van der Waals surface area contributed by atoms with Crippen LogP contribution in [0.4, 0.5) is 0 Å². The number of rotatable bonds is 6. The van der Waals surface area contributed by atoms with Crippen molar-refractivity contribution in [1.82, 2.24) is 25.4 Å².